The number of hydrogen-bond acceptors (Lipinski definition) is 6. The van der Waals surface area contributed by atoms with Gasteiger partial charge in [-0.15, -0.1) is 0 Å². The van der Waals surface area contributed by atoms with Gasteiger partial charge in [-0.3, -0.25) is 10.1 Å². The number of esters is 1. The first kappa shape index (κ1) is 16.5. The molecule has 0 radical (unpaired) electrons. The first-order valence-electron chi connectivity index (χ1n) is 7.65. The van der Waals surface area contributed by atoms with Gasteiger partial charge in [-0.1, -0.05) is 18.2 Å². The first-order chi connectivity index (χ1) is 12.1. The van der Waals surface area contributed by atoms with E-state index >= 15 is 0 Å². The fourth-order valence-corrected chi connectivity index (χ4v) is 2.42. The van der Waals surface area contributed by atoms with Gasteiger partial charge in [0.2, 0.25) is 5.76 Å². The second-order valence-corrected chi connectivity index (χ2v) is 5.17. The SMILES string of the molecule is CCOC(=O)c1oc2ccccc2c1COc1ccc([N+](=O)[O-])cc1. The van der Waals surface area contributed by atoms with Gasteiger partial charge in [-0.25, -0.2) is 4.79 Å². The molecule has 0 amide bonds. The summed E-state index contributed by atoms with van der Waals surface area (Å²) in [6, 6.07) is 13.0. The Morgan fingerprint density at radius 3 is 2.56 bits per heavy atom. The van der Waals surface area contributed by atoms with Crippen LogP contribution in [0.4, 0.5) is 5.69 Å². The van der Waals surface area contributed by atoms with Crippen molar-refractivity contribution >= 4 is 22.6 Å². The molecule has 3 aromatic rings. The number of carbonyl (C=O) groups is 1. The molecule has 0 N–H and O–H groups in total. The Hall–Kier alpha value is -3.35. The highest BCUT2D eigenvalue weighted by atomic mass is 16.6. The van der Waals surface area contributed by atoms with Crippen molar-refractivity contribution in [3.63, 3.8) is 0 Å². The average molecular weight is 341 g/mol. The fourth-order valence-electron chi connectivity index (χ4n) is 2.42. The highest BCUT2D eigenvalue weighted by Gasteiger charge is 2.22. The summed E-state index contributed by atoms with van der Waals surface area (Å²) in [5.74, 6) is -0.00310. The van der Waals surface area contributed by atoms with Crippen LogP contribution in [-0.2, 0) is 11.3 Å². The molecule has 0 aliphatic rings. The number of nitro benzene ring substituents is 1. The normalized spacial score (nSPS) is 10.6. The number of fused-ring (bicyclic) bond motifs is 1. The van der Waals surface area contributed by atoms with Gasteiger partial charge in [0.25, 0.3) is 5.69 Å². The van der Waals surface area contributed by atoms with Crippen molar-refractivity contribution in [3.05, 3.63) is 70.0 Å². The van der Waals surface area contributed by atoms with E-state index in [0.29, 0.717) is 16.9 Å². The minimum atomic E-state index is -0.555. The number of benzene rings is 2. The number of nitro groups is 1. The van der Waals surface area contributed by atoms with Crippen LogP contribution < -0.4 is 4.74 Å². The molecule has 3 rings (SSSR count). The summed E-state index contributed by atoms with van der Waals surface area (Å²) in [6.45, 7) is 2.02. The monoisotopic (exact) mass is 341 g/mol. The number of ether oxygens (including phenoxy) is 2. The number of para-hydroxylation sites is 1. The number of nitrogens with zero attached hydrogens (tertiary/aromatic N) is 1. The zero-order valence-electron chi connectivity index (χ0n) is 13.4. The van der Waals surface area contributed by atoms with Crippen LogP contribution in [0.1, 0.15) is 23.0 Å². The van der Waals surface area contributed by atoms with Gasteiger partial charge in [-0.05, 0) is 25.1 Å². The molecule has 0 spiro atoms. The predicted molar refractivity (Wildman–Crippen MR) is 89.6 cm³/mol. The maximum atomic E-state index is 12.1. The molecule has 1 heterocycles. The van der Waals surface area contributed by atoms with Gasteiger partial charge in [0.1, 0.15) is 17.9 Å². The van der Waals surface area contributed by atoms with E-state index in [2.05, 4.69) is 0 Å². The third kappa shape index (κ3) is 3.45. The quantitative estimate of drug-likeness (QED) is 0.381. The van der Waals surface area contributed by atoms with Crippen LogP contribution in [-0.4, -0.2) is 17.5 Å². The lowest BCUT2D eigenvalue weighted by atomic mass is 10.1. The summed E-state index contributed by atoms with van der Waals surface area (Å²) in [5, 5.41) is 11.4. The molecule has 0 bridgehead atoms. The lowest BCUT2D eigenvalue weighted by Crippen LogP contribution is -2.08. The summed E-state index contributed by atoms with van der Waals surface area (Å²) in [6.07, 6.45) is 0. The largest absolute Gasteiger partial charge is 0.489 e. The van der Waals surface area contributed by atoms with Gasteiger partial charge in [-0.2, -0.15) is 0 Å². The molecule has 128 valence electrons. The number of rotatable bonds is 6. The van der Waals surface area contributed by atoms with Crippen molar-refractivity contribution in [2.75, 3.05) is 6.61 Å². The Bertz CT molecular complexity index is 913. The number of furan rings is 1. The van der Waals surface area contributed by atoms with Crippen molar-refractivity contribution in [3.8, 4) is 5.75 Å². The third-order valence-corrected chi connectivity index (χ3v) is 3.59. The lowest BCUT2D eigenvalue weighted by Gasteiger charge is -2.06. The van der Waals surface area contributed by atoms with E-state index < -0.39 is 10.9 Å². The number of hydrogen-bond donors (Lipinski definition) is 0. The topological polar surface area (TPSA) is 91.8 Å². The molecular weight excluding hydrogens is 326 g/mol. The number of non-ortho nitro benzene ring substituents is 1. The van der Waals surface area contributed by atoms with Crippen LogP contribution in [0.5, 0.6) is 5.75 Å². The predicted octanol–water partition coefficient (Wildman–Crippen LogP) is 4.10. The van der Waals surface area contributed by atoms with Crippen molar-refractivity contribution in [1.82, 2.24) is 0 Å². The molecule has 0 aliphatic carbocycles. The van der Waals surface area contributed by atoms with Gasteiger partial charge < -0.3 is 13.9 Å². The van der Waals surface area contributed by atoms with Crippen molar-refractivity contribution in [1.29, 1.82) is 0 Å². The second-order valence-electron chi connectivity index (χ2n) is 5.17. The van der Waals surface area contributed by atoms with E-state index in [1.54, 1.807) is 13.0 Å². The molecular formula is C18H15NO6. The highest BCUT2D eigenvalue weighted by Crippen LogP contribution is 2.28. The van der Waals surface area contributed by atoms with Crippen LogP contribution in [0, 0.1) is 10.1 Å². The first-order valence-corrected chi connectivity index (χ1v) is 7.65. The van der Waals surface area contributed by atoms with Gasteiger partial charge in [0, 0.05) is 17.5 Å². The third-order valence-electron chi connectivity index (χ3n) is 3.59. The smallest absolute Gasteiger partial charge is 0.374 e. The van der Waals surface area contributed by atoms with Crippen LogP contribution in [0.2, 0.25) is 0 Å². The maximum Gasteiger partial charge on any atom is 0.374 e. The molecule has 0 saturated heterocycles. The average Bonchev–Trinajstić information content (AvgIpc) is 2.99. The molecule has 1 aromatic heterocycles. The van der Waals surface area contributed by atoms with Gasteiger partial charge in [0.15, 0.2) is 0 Å². The molecule has 2 aromatic carbocycles. The fraction of sp³-hybridized carbons (Fsp3) is 0.167. The Labute approximate surface area is 142 Å². The molecule has 25 heavy (non-hydrogen) atoms. The summed E-state index contributed by atoms with van der Waals surface area (Å²) in [5.41, 5.74) is 1.12. The minimum Gasteiger partial charge on any atom is -0.489 e. The molecule has 7 heteroatoms. The van der Waals surface area contributed by atoms with Crippen molar-refractivity contribution in [2.24, 2.45) is 0 Å². The zero-order chi connectivity index (χ0) is 17.8. The molecule has 0 aliphatic heterocycles. The Balaban J connectivity index is 1.87. The van der Waals surface area contributed by atoms with Crippen molar-refractivity contribution < 1.29 is 23.6 Å². The van der Waals surface area contributed by atoms with Gasteiger partial charge >= 0.3 is 5.97 Å². The lowest BCUT2D eigenvalue weighted by molar-refractivity contribution is -0.384. The van der Waals surface area contributed by atoms with Crippen LogP contribution >= 0.6 is 0 Å². The highest BCUT2D eigenvalue weighted by molar-refractivity contribution is 5.96. The molecule has 0 fully saturated rings. The van der Waals surface area contributed by atoms with Crippen LogP contribution in [0.25, 0.3) is 11.0 Å². The summed E-state index contributed by atoms with van der Waals surface area (Å²) in [4.78, 5) is 22.3. The van der Waals surface area contributed by atoms with E-state index in [4.69, 9.17) is 13.9 Å². The van der Waals surface area contributed by atoms with E-state index in [1.165, 1.54) is 24.3 Å². The molecule has 7 nitrogen and oxygen atoms in total. The Kier molecular flexibility index (Phi) is 4.65. The molecule has 0 saturated carbocycles. The van der Waals surface area contributed by atoms with Crippen LogP contribution in [0.15, 0.2) is 52.9 Å². The van der Waals surface area contributed by atoms with Crippen LogP contribution in [0.3, 0.4) is 0 Å². The van der Waals surface area contributed by atoms with Crippen molar-refractivity contribution in [2.45, 2.75) is 13.5 Å². The van der Waals surface area contributed by atoms with E-state index in [1.807, 2.05) is 18.2 Å². The second kappa shape index (κ2) is 7.04. The van der Waals surface area contributed by atoms with E-state index in [0.717, 1.165) is 5.39 Å². The van der Waals surface area contributed by atoms with Gasteiger partial charge in [0.05, 0.1) is 17.1 Å². The maximum absolute atomic E-state index is 12.1. The Morgan fingerprint density at radius 1 is 1.16 bits per heavy atom. The summed E-state index contributed by atoms with van der Waals surface area (Å²) >= 11 is 0. The van der Waals surface area contributed by atoms with E-state index in [9.17, 15) is 14.9 Å². The standard InChI is InChI=1S/C18H15NO6/c1-2-23-18(20)17-15(14-5-3-4-6-16(14)25-17)11-24-13-9-7-12(8-10-13)19(21)22/h3-10H,2,11H2,1H3. The summed E-state index contributed by atoms with van der Waals surface area (Å²) in [7, 11) is 0. The minimum absolute atomic E-state index is 0.0201. The Morgan fingerprint density at radius 2 is 1.88 bits per heavy atom. The zero-order valence-corrected chi connectivity index (χ0v) is 13.4. The summed E-state index contributed by atoms with van der Waals surface area (Å²) < 4.78 is 16.3. The number of carbonyl (C=O) groups excluding carboxylic acids is 1. The van der Waals surface area contributed by atoms with E-state index in [-0.39, 0.29) is 24.7 Å². The molecule has 0 atom stereocenters. The molecule has 0 unspecified atom stereocenters.